The van der Waals surface area contributed by atoms with Gasteiger partial charge in [0.1, 0.15) is 6.61 Å². The predicted octanol–water partition coefficient (Wildman–Crippen LogP) is 2.14. The van der Waals surface area contributed by atoms with Crippen LogP contribution in [-0.2, 0) is 15.7 Å². The number of amides is 1. The third-order valence-corrected chi connectivity index (χ3v) is 2.95. The monoisotopic (exact) mass is 287 g/mol. The van der Waals surface area contributed by atoms with Gasteiger partial charge in [0.2, 0.25) is 5.91 Å². The minimum Gasteiger partial charge on any atom is -0.460 e. The molecule has 1 heterocycles. The number of carbonyl (C=O) groups is 2. The third-order valence-electron chi connectivity index (χ3n) is 2.95. The highest BCUT2D eigenvalue weighted by atomic mass is 19.4. The SMILES string of the molecule is O=C1CC[C@H](COC(=O)c2ccc(C(F)(F)F)cc2)N1. The molecule has 0 unspecified atom stereocenters. The Kier molecular flexibility index (Phi) is 3.96. The molecule has 0 aliphatic carbocycles. The first-order chi connectivity index (χ1) is 9.36. The molecule has 1 aliphatic heterocycles. The molecule has 4 nitrogen and oxygen atoms in total. The van der Waals surface area contributed by atoms with Crippen LogP contribution in [0.1, 0.15) is 28.8 Å². The van der Waals surface area contributed by atoms with E-state index in [4.69, 9.17) is 4.74 Å². The van der Waals surface area contributed by atoms with Crippen molar-refractivity contribution in [1.29, 1.82) is 0 Å². The molecule has 0 saturated carbocycles. The van der Waals surface area contributed by atoms with Gasteiger partial charge < -0.3 is 10.1 Å². The second-order valence-corrected chi connectivity index (χ2v) is 4.48. The number of halogens is 3. The molecular weight excluding hydrogens is 275 g/mol. The number of carbonyl (C=O) groups excluding carboxylic acids is 2. The Morgan fingerprint density at radius 3 is 2.45 bits per heavy atom. The fourth-order valence-electron chi connectivity index (χ4n) is 1.86. The second kappa shape index (κ2) is 5.52. The quantitative estimate of drug-likeness (QED) is 0.867. The van der Waals surface area contributed by atoms with E-state index in [-0.39, 0.29) is 24.1 Å². The lowest BCUT2D eigenvalue weighted by Gasteiger charge is -2.11. The molecule has 1 aliphatic rings. The molecule has 20 heavy (non-hydrogen) atoms. The number of ether oxygens (including phenoxy) is 1. The summed E-state index contributed by atoms with van der Waals surface area (Å²) in [6.07, 6.45) is -3.46. The van der Waals surface area contributed by atoms with Crippen molar-refractivity contribution >= 4 is 11.9 Å². The summed E-state index contributed by atoms with van der Waals surface area (Å²) in [7, 11) is 0. The molecular formula is C13H12F3NO3. The van der Waals surface area contributed by atoms with Gasteiger partial charge in [0.05, 0.1) is 17.2 Å². The maximum Gasteiger partial charge on any atom is 0.416 e. The summed E-state index contributed by atoms with van der Waals surface area (Å²) in [5.41, 5.74) is -0.778. The molecule has 1 fully saturated rings. The number of esters is 1. The van der Waals surface area contributed by atoms with Crippen LogP contribution in [-0.4, -0.2) is 24.5 Å². The van der Waals surface area contributed by atoms with E-state index in [9.17, 15) is 22.8 Å². The number of alkyl halides is 3. The second-order valence-electron chi connectivity index (χ2n) is 4.48. The van der Waals surface area contributed by atoms with Crippen molar-refractivity contribution in [2.24, 2.45) is 0 Å². The molecule has 1 amide bonds. The molecule has 2 rings (SSSR count). The van der Waals surface area contributed by atoms with Crippen molar-refractivity contribution in [3.05, 3.63) is 35.4 Å². The average Bonchev–Trinajstić information content (AvgIpc) is 2.81. The van der Waals surface area contributed by atoms with Gasteiger partial charge in [-0.15, -0.1) is 0 Å². The lowest BCUT2D eigenvalue weighted by molar-refractivity contribution is -0.137. The summed E-state index contributed by atoms with van der Waals surface area (Å²) in [5.74, 6) is -0.805. The van der Waals surface area contributed by atoms with Crippen LogP contribution < -0.4 is 5.32 Å². The third kappa shape index (κ3) is 3.49. The molecule has 1 saturated heterocycles. The zero-order valence-electron chi connectivity index (χ0n) is 10.4. The van der Waals surface area contributed by atoms with E-state index in [1.807, 2.05) is 0 Å². The molecule has 0 bridgehead atoms. The van der Waals surface area contributed by atoms with Crippen molar-refractivity contribution < 1.29 is 27.5 Å². The van der Waals surface area contributed by atoms with Crippen molar-refractivity contribution in [3.8, 4) is 0 Å². The summed E-state index contributed by atoms with van der Waals surface area (Å²) in [6, 6.07) is 3.57. The normalized spacial score (nSPS) is 18.8. The number of hydrogen-bond acceptors (Lipinski definition) is 3. The lowest BCUT2D eigenvalue weighted by atomic mass is 10.1. The van der Waals surface area contributed by atoms with Crippen LogP contribution in [0.4, 0.5) is 13.2 Å². The average molecular weight is 287 g/mol. The van der Waals surface area contributed by atoms with Gasteiger partial charge in [-0.05, 0) is 30.7 Å². The minimum absolute atomic E-state index is 0.0194. The van der Waals surface area contributed by atoms with Gasteiger partial charge >= 0.3 is 12.1 Å². The van der Waals surface area contributed by atoms with Gasteiger partial charge in [0.15, 0.2) is 0 Å². The van der Waals surface area contributed by atoms with Crippen LogP contribution in [0.2, 0.25) is 0 Å². The Balaban J connectivity index is 1.91. The Bertz CT molecular complexity index is 511. The maximum atomic E-state index is 12.4. The fraction of sp³-hybridized carbons (Fsp3) is 0.385. The molecule has 1 N–H and O–H groups in total. The molecule has 0 spiro atoms. The van der Waals surface area contributed by atoms with Crippen LogP contribution >= 0.6 is 0 Å². The molecule has 108 valence electrons. The first-order valence-electron chi connectivity index (χ1n) is 6.00. The largest absolute Gasteiger partial charge is 0.460 e. The first kappa shape index (κ1) is 14.4. The van der Waals surface area contributed by atoms with Gasteiger partial charge in [-0.3, -0.25) is 4.79 Å². The zero-order valence-corrected chi connectivity index (χ0v) is 10.4. The van der Waals surface area contributed by atoms with Gasteiger partial charge in [0, 0.05) is 6.42 Å². The standard InChI is InChI=1S/C13H12F3NO3/c14-13(15,16)9-3-1-8(2-4-9)12(19)20-7-10-5-6-11(18)17-10/h1-4,10H,5-7H2,(H,17,18)/t10-/m1/s1. The minimum atomic E-state index is -4.43. The van der Waals surface area contributed by atoms with E-state index in [0.717, 1.165) is 24.3 Å². The highest BCUT2D eigenvalue weighted by molar-refractivity contribution is 5.89. The molecule has 1 atom stereocenters. The summed E-state index contributed by atoms with van der Waals surface area (Å²) in [4.78, 5) is 22.6. The van der Waals surface area contributed by atoms with Gasteiger partial charge in [-0.25, -0.2) is 4.79 Å². The Morgan fingerprint density at radius 1 is 1.30 bits per heavy atom. The van der Waals surface area contributed by atoms with Crippen LogP contribution in [0.3, 0.4) is 0 Å². The van der Waals surface area contributed by atoms with Crippen LogP contribution in [0.25, 0.3) is 0 Å². The smallest absolute Gasteiger partial charge is 0.416 e. The van der Waals surface area contributed by atoms with E-state index in [1.165, 1.54) is 0 Å². The predicted molar refractivity (Wildman–Crippen MR) is 62.9 cm³/mol. The summed E-state index contributed by atoms with van der Waals surface area (Å²) in [5, 5.41) is 2.62. The fourth-order valence-corrected chi connectivity index (χ4v) is 1.86. The van der Waals surface area contributed by atoms with E-state index >= 15 is 0 Å². The molecule has 0 aromatic heterocycles. The van der Waals surface area contributed by atoms with E-state index in [2.05, 4.69) is 5.32 Å². The van der Waals surface area contributed by atoms with Gasteiger partial charge in [-0.1, -0.05) is 0 Å². The summed E-state index contributed by atoms with van der Waals surface area (Å²) < 4.78 is 42.0. The van der Waals surface area contributed by atoms with Crippen molar-refractivity contribution in [3.63, 3.8) is 0 Å². The Labute approximate surface area is 112 Å². The van der Waals surface area contributed by atoms with Gasteiger partial charge in [0.25, 0.3) is 0 Å². The maximum absolute atomic E-state index is 12.4. The molecule has 1 aromatic rings. The van der Waals surface area contributed by atoms with Crippen LogP contribution in [0.5, 0.6) is 0 Å². The first-order valence-corrected chi connectivity index (χ1v) is 6.00. The van der Waals surface area contributed by atoms with Crippen molar-refractivity contribution in [2.75, 3.05) is 6.61 Å². The Morgan fingerprint density at radius 2 is 1.95 bits per heavy atom. The van der Waals surface area contributed by atoms with Crippen molar-refractivity contribution in [1.82, 2.24) is 5.32 Å². The van der Waals surface area contributed by atoms with Crippen LogP contribution in [0.15, 0.2) is 24.3 Å². The van der Waals surface area contributed by atoms with Gasteiger partial charge in [-0.2, -0.15) is 13.2 Å². The van der Waals surface area contributed by atoms with Crippen molar-refractivity contribution in [2.45, 2.75) is 25.1 Å². The topological polar surface area (TPSA) is 55.4 Å². The van der Waals surface area contributed by atoms with Crippen LogP contribution in [0, 0.1) is 0 Å². The van der Waals surface area contributed by atoms with E-state index in [1.54, 1.807) is 0 Å². The zero-order chi connectivity index (χ0) is 14.8. The number of nitrogens with one attached hydrogen (secondary N) is 1. The number of benzene rings is 1. The molecule has 0 radical (unpaired) electrons. The number of rotatable bonds is 3. The summed E-state index contributed by atoms with van der Waals surface area (Å²) in [6.45, 7) is 0.0194. The molecule has 1 aromatic carbocycles. The molecule has 7 heteroatoms. The highest BCUT2D eigenvalue weighted by Crippen LogP contribution is 2.29. The number of hydrogen-bond donors (Lipinski definition) is 1. The Hall–Kier alpha value is -2.05. The summed E-state index contributed by atoms with van der Waals surface area (Å²) >= 11 is 0. The highest BCUT2D eigenvalue weighted by Gasteiger charge is 2.30. The lowest BCUT2D eigenvalue weighted by Crippen LogP contribution is -2.30. The van der Waals surface area contributed by atoms with E-state index < -0.39 is 17.7 Å². The van der Waals surface area contributed by atoms with E-state index in [0.29, 0.717) is 12.8 Å².